The van der Waals surface area contributed by atoms with Crippen LogP contribution in [0.3, 0.4) is 0 Å². The summed E-state index contributed by atoms with van der Waals surface area (Å²) in [7, 11) is -4.69. The van der Waals surface area contributed by atoms with Gasteiger partial charge in [-0.2, -0.15) is 14.0 Å². The second-order valence-corrected chi connectivity index (χ2v) is 8.30. The summed E-state index contributed by atoms with van der Waals surface area (Å²) in [5.41, 5.74) is -3.55. The Morgan fingerprint density at radius 2 is 1.96 bits per heavy atom. The lowest BCUT2D eigenvalue weighted by atomic mass is 10.2. The average molecular weight is 424 g/mol. The van der Waals surface area contributed by atoms with Gasteiger partial charge in [0.25, 0.3) is 0 Å². The van der Waals surface area contributed by atoms with Crippen LogP contribution in [-0.4, -0.2) is 13.2 Å². The Kier molecular flexibility index (Phi) is 5.59. The van der Waals surface area contributed by atoms with Gasteiger partial charge in [0.2, 0.25) is 0 Å². The van der Waals surface area contributed by atoms with Crippen molar-refractivity contribution in [3.05, 3.63) is 33.1 Å². The number of rotatable bonds is 6. The summed E-state index contributed by atoms with van der Waals surface area (Å²) in [6.45, 7) is 2.60. The topological polar surface area (TPSA) is 59.3 Å². The molecule has 9 heteroatoms. The van der Waals surface area contributed by atoms with Gasteiger partial charge < -0.3 is 9.05 Å². The summed E-state index contributed by atoms with van der Waals surface area (Å²) < 4.78 is 52.4. The fraction of sp³-hybridized carbons (Fsp3) is 0.357. The maximum absolute atomic E-state index is 14.9. The molecule has 0 fully saturated rings. The van der Waals surface area contributed by atoms with Gasteiger partial charge in [0.1, 0.15) is 10.9 Å². The van der Waals surface area contributed by atoms with E-state index < -0.39 is 18.1 Å². The summed E-state index contributed by atoms with van der Waals surface area (Å²) in [5, 5.41) is 9.58. The molecule has 1 aromatic carbocycles. The molecule has 0 bridgehead atoms. The van der Waals surface area contributed by atoms with Gasteiger partial charge in [-0.3, -0.25) is 4.57 Å². The zero-order chi connectivity index (χ0) is 17.3. The highest BCUT2D eigenvalue weighted by atomic mass is 79.9. The van der Waals surface area contributed by atoms with Gasteiger partial charge in [0.05, 0.1) is 23.5 Å². The van der Waals surface area contributed by atoms with E-state index >= 15 is 0 Å². The standard InChI is InChI=1S/C14H13BrF2NO3PS/c1-3-20-22(19,21-4-2)14(16,17)13-11(15)10-7-5-6-9(8-18)12(10)23-13/h5-7H,3-4H2,1-2H3. The SMILES string of the molecule is CCOP(=O)(OCC)C(F)(F)c1sc2c(C#N)cccc2c1Br. The summed E-state index contributed by atoms with van der Waals surface area (Å²) in [6, 6.07) is 6.72. The number of nitriles is 1. The maximum Gasteiger partial charge on any atom is 0.405 e. The molecule has 0 amide bonds. The van der Waals surface area contributed by atoms with E-state index in [0.29, 0.717) is 21.4 Å². The number of hydrogen-bond donors (Lipinski definition) is 0. The molecule has 1 heterocycles. The highest BCUT2D eigenvalue weighted by Gasteiger charge is 2.57. The van der Waals surface area contributed by atoms with E-state index in [2.05, 4.69) is 15.9 Å². The van der Waals surface area contributed by atoms with Crippen LogP contribution in [0, 0.1) is 11.3 Å². The van der Waals surface area contributed by atoms with E-state index in [0.717, 1.165) is 0 Å². The van der Waals surface area contributed by atoms with Crippen LogP contribution in [0.4, 0.5) is 8.78 Å². The van der Waals surface area contributed by atoms with Crippen molar-refractivity contribution in [2.45, 2.75) is 19.5 Å². The van der Waals surface area contributed by atoms with E-state index in [4.69, 9.17) is 14.3 Å². The molecule has 2 aromatic rings. The van der Waals surface area contributed by atoms with Gasteiger partial charge in [-0.25, -0.2) is 0 Å². The van der Waals surface area contributed by atoms with Gasteiger partial charge >= 0.3 is 13.3 Å². The second kappa shape index (κ2) is 6.96. The van der Waals surface area contributed by atoms with Crippen molar-refractivity contribution in [2.24, 2.45) is 0 Å². The van der Waals surface area contributed by atoms with E-state index in [1.165, 1.54) is 19.9 Å². The van der Waals surface area contributed by atoms with Crippen LogP contribution >= 0.6 is 34.9 Å². The first-order valence-electron chi connectivity index (χ1n) is 6.71. The second-order valence-electron chi connectivity index (χ2n) is 4.41. The molecule has 0 atom stereocenters. The molecule has 4 nitrogen and oxygen atoms in total. The van der Waals surface area contributed by atoms with Crippen molar-refractivity contribution in [1.82, 2.24) is 0 Å². The maximum atomic E-state index is 14.9. The molecule has 0 aliphatic carbocycles. The minimum Gasteiger partial charge on any atom is -0.304 e. The lowest BCUT2D eigenvalue weighted by Crippen LogP contribution is -2.17. The first-order valence-corrected chi connectivity index (χ1v) is 9.86. The quantitative estimate of drug-likeness (QED) is 0.546. The summed E-state index contributed by atoms with van der Waals surface area (Å²) in [6.07, 6.45) is 0. The third-order valence-electron chi connectivity index (χ3n) is 2.99. The predicted octanol–water partition coefficient (Wildman–Crippen LogP) is 5.85. The van der Waals surface area contributed by atoms with Crippen molar-refractivity contribution < 1.29 is 22.4 Å². The highest BCUT2D eigenvalue weighted by molar-refractivity contribution is 9.10. The van der Waals surface area contributed by atoms with E-state index in [1.807, 2.05) is 6.07 Å². The Bertz CT molecular complexity index is 808. The number of benzene rings is 1. The molecule has 0 saturated carbocycles. The number of alkyl halides is 2. The first kappa shape index (κ1) is 18.5. The van der Waals surface area contributed by atoms with Crippen LogP contribution in [0.1, 0.15) is 24.3 Å². The first-order chi connectivity index (χ1) is 10.8. The minimum absolute atomic E-state index is 0.0965. The number of halogens is 3. The molecule has 2 rings (SSSR count). The summed E-state index contributed by atoms with van der Waals surface area (Å²) in [5.74, 6) is 0. The lowest BCUT2D eigenvalue weighted by molar-refractivity contribution is 0.0387. The molecule has 1 aromatic heterocycles. The Balaban J connectivity index is 2.69. The molecular formula is C14H13BrF2NO3PS. The number of thiophene rings is 1. The van der Waals surface area contributed by atoms with Gasteiger partial charge in [0.15, 0.2) is 0 Å². The molecule has 0 spiro atoms. The molecule has 0 radical (unpaired) electrons. The smallest absolute Gasteiger partial charge is 0.304 e. The fourth-order valence-electron chi connectivity index (χ4n) is 2.03. The van der Waals surface area contributed by atoms with Crippen LogP contribution in [0.15, 0.2) is 22.7 Å². The molecule has 23 heavy (non-hydrogen) atoms. The molecule has 0 unspecified atom stereocenters. The zero-order valence-corrected chi connectivity index (χ0v) is 15.6. The van der Waals surface area contributed by atoms with Gasteiger partial charge in [-0.05, 0) is 35.8 Å². The van der Waals surface area contributed by atoms with Crippen LogP contribution in [0.5, 0.6) is 0 Å². The van der Waals surface area contributed by atoms with Crippen molar-refractivity contribution in [3.63, 3.8) is 0 Å². The van der Waals surface area contributed by atoms with Crippen molar-refractivity contribution >= 4 is 44.9 Å². The average Bonchev–Trinajstić information content (AvgIpc) is 2.85. The van der Waals surface area contributed by atoms with Crippen LogP contribution in [0.25, 0.3) is 10.1 Å². The number of fused-ring (bicyclic) bond motifs is 1. The Hall–Kier alpha value is -0.840. The van der Waals surface area contributed by atoms with E-state index in [9.17, 15) is 13.3 Å². The molecule has 0 saturated heterocycles. The summed E-state index contributed by atoms with van der Waals surface area (Å²) >= 11 is 3.84. The molecule has 0 aliphatic rings. The van der Waals surface area contributed by atoms with Crippen molar-refractivity contribution in [1.29, 1.82) is 5.26 Å². The van der Waals surface area contributed by atoms with Gasteiger partial charge in [-0.1, -0.05) is 12.1 Å². The molecule has 124 valence electrons. The molecule has 0 aliphatic heterocycles. The Morgan fingerprint density at radius 3 is 2.48 bits per heavy atom. The third-order valence-corrected chi connectivity index (χ3v) is 7.64. The monoisotopic (exact) mass is 423 g/mol. The van der Waals surface area contributed by atoms with Gasteiger partial charge in [-0.15, -0.1) is 11.3 Å². The number of nitrogens with zero attached hydrogens (tertiary/aromatic N) is 1. The van der Waals surface area contributed by atoms with Crippen LogP contribution in [-0.2, 0) is 19.3 Å². The van der Waals surface area contributed by atoms with E-state index in [1.54, 1.807) is 12.1 Å². The van der Waals surface area contributed by atoms with Crippen LogP contribution < -0.4 is 0 Å². The Morgan fingerprint density at radius 1 is 1.35 bits per heavy atom. The molecule has 0 N–H and O–H groups in total. The summed E-state index contributed by atoms with van der Waals surface area (Å²) in [4.78, 5) is -0.472. The Labute approximate surface area is 144 Å². The third kappa shape index (κ3) is 3.09. The highest BCUT2D eigenvalue weighted by Crippen LogP contribution is 2.69. The largest absolute Gasteiger partial charge is 0.405 e. The van der Waals surface area contributed by atoms with Gasteiger partial charge in [0, 0.05) is 9.86 Å². The predicted molar refractivity (Wildman–Crippen MR) is 89.0 cm³/mol. The zero-order valence-electron chi connectivity index (χ0n) is 12.3. The normalized spacial score (nSPS) is 12.5. The fourth-order valence-corrected chi connectivity index (χ4v) is 6.08. The van der Waals surface area contributed by atoms with Crippen molar-refractivity contribution in [2.75, 3.05) is 13.2 Å². The van der Waals surface area contributed by atoms with E-state index in [-0.39, 0.29) is 23.2 Å². The lowest BCUT2D eigenvalue weighted by Gasteiger charge is -2.25. The minimum atomic E-state index is -4.69. The molecular weight excluding hydrogens is 411 g/mol. The van der Waals surface area contributed by atoms with Crippen molar-refractivity contribution in [3.8, 4) is 6.07 Å². The van der Waals surface area contributed by atoms with Crippen LogP contribution in [0.2, 0.25) is 0 Å². The number of hydrogen-bond acceptors (Lipinski definition) is 5.